The summed E-state index contributed by atoms with van der Waals surface area (Å²) in [5.74, 6) is 0.0347. The quantitative estimate of drug-likeness (QED) is 0.408. The van der Waals surface area contributed by atoms with Crippen molar-refractivity contribution in [3.8, 4) is 16.9 Å². The predicted octanol–water partition coefficient (Wildman–Crippen LogP) is 4.05. The number of hydrogen-bond acceptors (Lipinski definition) is 7. The summed E-state index contributed by atoms with van der Waals surface area (Å²) in [5.41, 5.74) is 5.15. The largest absolute Gasteiger partial charge is 0.507 e. The first-order valence-electron chi connectivity index (χ1n) is 8.16. The maximum atomic E-state index is 11.3. The van der Waals surface area contributed by atoms with Crippen LogP contribution in [0.15, 0.2) is 65.8 Å². The van der Waals surface area contributed by atoms with Gasteiger partial charge in [-0.25, -0.2) is 0 Å². The summed E-state index contributed by atoms with van der Waals surface area (Å²) in [7, 11) is 0. The lowest BCUT2D eigenvalue weighted by molar-refractivity contribution is -0.393. The third kappa shape index (κ3) is 2.71. The van der Waals surface area contributed by atoms with Crippen molar-refractivity contribution in [3.63, 3.8) is 0 Å². The van der Waals surface area contributed by atoms with E-state index in [4.69, 9.17) is 0 Å². The van der Waals surface area contributed by atoms with Gasteiger partial charge in [0.1, 0.15) is 17.1 Å². The number of benzene rings is 3. The number of phenols is 1. The molecule has 3 aromatic rings. The van der Waals surface area contributed by atoms with E-state index in [1.165, 1.54) is 12.1 Å². The minimum absolute atomic E-state index is 0.00412. The number of nitro groups is 2. The average molecular weight is 376 g/mol. The minimum atomic E-state index is -0.719. The van der Waals surface area contributed by atoms with Gasteiger partial charge in [-0.15, -0.1) is 0 Å². The lowest BCUT2D eigenvalue weighted by atomic mass is 10.1. The Morgan fingerprint density at radius 1 is 0.857 bits per heavy atom. The summed E-state index contributed by atoms with van der Waals surface area (Å²) in [5, 5.41) is 36.8. The molecule has 3 aromatic carbocycles. The standard InChI is InChI=1S/C19H12N4O5/c24-17-7-3-6-13-12-4-1-2-5-14(12)19(18(13)17)21-20-15-9-8-11(22(25)26)10-16(15)23(27)28/h1-10,20,24H/b21-19+. The number of aromatic hydroxyl groups is 1. The summed E-state index contributed by atoms with van der Waals surface area (Å²) in [4.78, 5) is 20.7. The van der Waals surface area contributed by atoms with Crippen molar-refractivity contribution in [2.45, 2.75) is 0 Å². The molecule has 0 bridgehead atoms. The molecule has 0 aromatic heterocycles. The zero-order valence-electron chi connectivity index (χ0n) is 14.2. The normalized spacial score (nSPS) is 13.1. The van der Waals surface area contributed by atoms with Gasteiger partial charge >= 0.3 is 5.69 Å². The molecule has 4 rings (SSSR count). The van der Waals surface area contributed by atoms with Gasteiger partial charge in [-0.05, 0) is 23.3 Å². The fraction of sp³-hybridized carbons (Fsp3) is 0. The fourth-order valence-electron chi connectivity index (χ4n) is 3.18. The van der Waals surface area contributed by atoms with Crippen molar-refractivity contribution in [1.29, 1.82) is 0 Å². The number of hydrogen-bond donors (Lipinski definition) is 2. The van der Waals surface area contributed by atoms with Crippen molar-refractivity contribution in [3.05, 3.63) is 92.0 Å². The van der Waals surface area contributed by atoms with Crippen molar-refractivity contribution < 1.29 is 15.0 Å². The summed E-state index contributed by atoms with van der Waals surface area (Å²) in [6.07, 6.45) is 0. The maximum absolute atomic E-state index is 11.3. The van der Waals surface area contributed by atoms with Gasteiger partial charge < -0.3 is 5.11 Å². The third-order valence-corrected chi connectivity index (χ3v) is 4.43. The second-order valence-corrected chi connectivity index (χ2v) is 6.03. The summed E-state index contributed by atoms with van der Waals surface area (Å²) in [6, 6.07) is 15.8. The van der Waals surface area contributed by atoms with Crippen LogP contribution in [0.4, 0.5) is 17.1 Å². The Balaban J connectivity index is 1.81. The van der Waals surface area contributed by atoms with Crippen molar-refractivity contribution in [1.82, 2.24) is 0 Å². The van der Waals surface area contributed by atoms with Crippen molar-refractivity contribution in [2.75, 3.05) is 5.43 Å². The van der Waals surface area contributed by atoms with Crippen LogP contribution in [0.1, 0.15) is 11.1 Å². The summed E-state index contributed by atoms with van der Waals surface area (Å²) in [6.45, 7) is 0. The highest BCUT2D eigenvalue weighted by atomic mass is 16.6. The number of fused-ring (bicyclic) bond motifs is 3. The molecule has 138 valence electrons. The van der Waals surface area contributed by atoms with Gasteiger partial charge in [0.05, 0.1) is 21.5 Å². The van der Waals surface area contributed by atoms with Gasteiger partial charge in [0.2, 0.25) is 0 Å². The topological polar surface area (TPSA) is 131 Å². The number of nitrogens with one attached hydrogen (secondary N) is 1. The molecule has 0 fully saturated rings. The van der Waals surface area contributed by atoms with Gasteiger partial charge in [-0.3, -0.25) is 25.7 Å². The average Bonchev–Trinajstić information content (AvgIpc) is 3.01. The Kier molecular flexibility index (Phi) is 3.96. The molecule has 28 heavy (non-hydrogen) atoms. The molecule has 2 N–H and O–H groups in total. The van der Waals surface area contributed by atoms with Crippen molar-refractivity contribution >= 4 is 22.8 Å². The smallest absolute Gasteiger partial charge is 0.301 e. The molecule has 0 spiro atoms. The maximum Gasteiger partial charge on any atom is 0.301 e. The molecule has 9 heteroatoms. The SMILES string of the molecule is O=[N+]([O-])c1ccc(N/N=C2\c3ccccc3-c3cccc(O)c32)c([N+](=O)[O-])c1. The molecule has 0 aliphatic heterocycles. The number of nitro benzene ring substituents is 2. The summed E-state index contributed by atoms with van der Waals surface area (Å²) < 4.78 is 0. The van der Waals surface area contributed by atoms with E-state index in [1.54, 1.807) is 6.07 Å². The number of hydrazone groups is 1. The van der Waals surface area contributed by atoms with E-state index in [9.17, 15) is 25.3 Å². The van der Waals surface area contributed by atoms with Crippen LogP contribution in [0.3, 0.4) is 0 Å². The molecule has 1 aliphatic carbocycles. The monoisotopic (exact) mass is 376 g/mol. The number of phenolic OH excluding ortho intramolecular Hbond substituents is 1. The zero-order valence-corrected chi connectivity index (χ0v) is 14.2. The molecule has 9 nitrogen and oxygen atoms in total. The van der Waals surface area contributed by atoms with Gasteiger partial charge in [-0.2, -0.15) is 5.10 Å². The first-order chi connectivity index (χ1) is 13.5. The second-order valence-electron chi connectivity index (χ2n) is 6.03. The third-order valence-electron chi connectivity index (χ3n) is 4.43. The van der Waals surface area contributed by atoms with E-state index in [0.29, 0.717) is 11.3 Å². The molecule has 0 atom stereocenters. The molecule has 0 heterocycles. The van der Waals surface area contributed by atoms with E-state index >= 15 is 0 Å². The predicted molar refractivity (Wildman–Crippen MR) is 103 cm³/mol. The second kappa shape index (κ2) is 6.47. The number of nitrogens with zero attached hydrogens (tertiary/aromatic N) is 3. The minimum Gasteiger partial charge on any atom is -0.507 e. The summed E-state index contributed by atoms with van der Waals surface area (Å²) >= 11 is 0. The zero-order chi connectivity index (χ0) is 19.8. The first-order valence-corrected chi connectivity index (χ1v) is 8.16. The molecule has 0 saturated heterocycles. The molecular formula is C19H12N4O5. The van der Waals surface area contributed by atoms with Crippen molar-refractivity contribution in [2.24, 2.45) is 5.10 Å². The van der Waals surface area contributed by atoms with E-state index in [-0.39, 0.29) is 17.1 Å². The van der Waals surface area contributed by atoms with Crippen LogP contribution in [0.25, 0.3) is 11.1 Å². The van der Waals surface area contributed by atoms with Crippen LogP contribution in [-0.2, 0) is 0 Å². The Morgan fingerprint density at radius 3 is 2.29 bits per heavy atom. The lowest BCUT2D eigenvalue weighted by Gasteiger charge is -2.06. The van der Waals surface area contributed by atoms with Crippen LogP contribution in [-0.4, -0.2) is 20.7 Å². The molecule has 0 amide bonds. The van der Waals surface area contributed by atoms with Gasteiger partial charge in [0, 0.05) is 11.6 Å². The molecular weight excluding hydrogens is 364 g/mol. The molecule has 0 saturated carbocycles. The van der Waals surface area contributed by atoms with E-state index in [1.807, 2.05) is 30.3 Å². The van der Waals surface area contributed by atoms with Crippen LogP contribution < -0.4 is 5.43 Å². The fourth-order valence-corrected chi connectivity index (χ4v) is 3.18. The number of non-ortho nitro benzene ring substituents is 1. The Hall–Kier alpha value is -4.27. The molecule has 0 unspecified atom stereocenters. The van der Waals surface area contributed by atoms with E-state index in [0.717, 1.165) is 28.8 Å². The van der Waals surface area contributed by atoms with Crippen LogP contribution in [0.5, 0.6) is 5.75 Å². The Bertz CT molecular complexity index is 1170. The van der Waals surface area contributed by atoms with Crippen LogP contribution >= 0.6 is 0 Å². The molecule has 0 radical (unpaired) electrons. The number of rotatable bonds is 4. The van der Waals surface area contributed by atoms with Gasteiger partial charge in [-0.1, -0.05) is 36.4 Å². The lowest BCUT2D eigenvalue weighted by Crippen LogP contribution is -2.04. The van der Waals surface area contributed by atoms with Crippen LogP contribution in [0.2, 0.25) is 0 Å². The highest BCUT2D eigenvalue weighted by Gasteiger charge is 2.28. The Labute approximate surface area is 157 Å². The molecule has 1 aliphatic rings. The van der Waals surface area contributed by atoms with Gasteiger partial charge in [0.25, 0.3) is 5.69 Å². The van der Waals surface area contributed by atoms with Crippen LogP contribution in [0, 0.1) is 20.2 Å². The highest BCUT2D eigenvalue weighted by Crippen LogP contribution is 2.41. The Morgan fingerprint density at radius 2 is 1.57 bits per heavy atom. The highest BCUT2D eigenvalue weighted by molar-refractivity contribution is 6.26. The van der Waals surface area contributed by atoms with E-state index < -0.39 is 15.5 Å². The van der Waals surface area contributed by atoms with E-state index in [2.05, 4.69) is 10.5 Å². The first kappa shape index (κ1) is 17.2. The van der Waals surface area contributed by atoms with Gasteiger partial charge in [0.15, 0.2) is 0 Å². The number of anilines is 1.